The zero-order valence-corrected chi connectivity index (χ0v) is 14.8. The second-order valence-electron chi connectivity index (χ2n) is 6.41. The maximum absolute atomic E-state index is 11.9. The molecule has 7 nitrogen and oxygen atoms in total. The summed E-state index contributed by atoms with van der Waals surface area (Å²) in [5, 5.41) is 6.46. The fraction of sp³-hybridized carbons (Fsp3) is 0.375. The smallest absolute Gasteiger partial charge is 0.264 e. The van der Waals surface area contributed by atoms with Gasteiger partial charge in [-0.1, -0.05) is 25.9 Å². The molecule has 0 atom stereocenters. The largest absolute Gasteiger partial charge is 0.484 e. The number of aromatic nitrogens is 1. The number of carbonyl (C=O) groups excluding carboxylic acids is 1. The van der Waals surface area contributed by atoms with E-state index in [1.165, 1.54) is 24.3 Å². The van der Waals surface area contributed by atoms with Crippen molar-refractivity contribution in [3.8, 4) is 5.75 Å². The Morgan fingerprint density at radius 3 is 2.38 bits per heavy atom. The van der Waals surface area contributed by atoms with Gasteiger partial charge in [-0.2, -0.15) is 0 Å². The number of hydrogen-bond acceptors (Lipinski definition) is 6. The number of nitrogens with one attached hydrogen (secondary N) is 1. The quantitative estimate of drug-likeness (QED) is 0.887. The van der Waals surface area contributed by atoms with Crippen molar-refractivity contribution in [2.45, 2.75) is 31.1 Å². The number of ether oxygens (including phenoxy) is 1. The van der Waals surface area contributed by atoms with Crippen LogP contribution in [0, 0.1) is 0 Å². The maximum Gasteiger partial charge on any atom is 0.264 e. The predicted molar refractivity (Wildman–Crippen MR) is 88.9 cm³/mol. The van der Waals surface area contributed by atoms with E-state index in [0.29, 0.717) is 5.75 Å². The van der Waals surface area contributed by atoms with Gasteiger partial charge in [0.2, 0.25) is 5.88 Å². The Labute approximate surface area is 140 Å². The molecule has 0 aliphatic rings. The Kier molecular flexibility index (Phi) is 4.98. The molecule has 24 heavy (non-hydrogen) atoms. The van der Waals surface area contributed by atoms with Crippen LogP contribution in [0.2, 0.25) is 0 Å². The Morgan fingerprint density at radius 2 is 1.88 bits per heavy atom. The molecule has 0 aliphatic carbocycles. The first-order valence-corrected chi connectivity index (χ1v) is 9.15. The molecule has 8 heteroatoms. The van der Waals surface area contributed by atoms with Crippen molar-refractivity contribution in [1.29, 1.82) is 0 Å². The van der Waals surface area contributed by atoms with Crippen LogP contribution in [-0.2, 0) is 20.0 Å². The summed E-state index contributed by atoms with van der Waals surface area (Å²) in [5.41, 5.74) is 0.555. The molecule has 0 fully saturated rings. The molecule has 1 aromatic heterocycles. The number of anilines is 1. The van der Waals surface area contributed by atoms with Gasteiger partial charge in [-0.3, -0.25) is 10.1 Å². The van der Waals surface area contributed by atoms with Crippen LogP contribution in [0.4, 0.5) is 5.88 Å². The lowest BCUT2D eigenvalue weighted by Gasteiger charge is -2.12. The molecule has 0 saturated heterocycles. The summed E-state index contributed by atoms with van der Waals surface area (Å²) in [6.07, 6.45) is 1.12. The fourth-order valence-electron chi connectivity index (χ4n) is 1.79. The summed E-state index contributed by atoms with van der Waals surface area (Å²) in [5.74, 6) is 0.241. The fourth-order valence-corrected chi connectivity index (χ4v) is 2.42. The number of benzene rings is 1. The van der Waals surface area contributed by atoms with Gasteiger partial charge in [-0.25, -0.2) is 8.42 Å². The molecule has 1 aromatic carbocycles. The van der Waals surface area contributed by atoms with Gasteiger partial charge < -0.3 is 9.26 Å². The van der Waals surface area contributed by atoms with Gasteiger partial charge in [0.1, 0.15) is 5.75 Å². The lowest BCUT2D eigenvalue weighted by molar-refractivity contribution is -0.118. The Hall–Kier alpha value is -2.35. The van der Waals surface area contributed by atoms with E-state index in [9.17, 15) is 13.2 Å². The predicted octanol–water partition coefficient (Wildman–Crippen LogP) is 2.39. The van der Waals surface area contributed by atoms with Crippen molar-refractivity contribution in [2.24, 2.45) is 0 Å². The molecule has 2 aromatic rings. The van der Waals surface area contributed by atoms with Gasteiger partial charge in [0.05, 0.1) is 10.6 Å². The average molecular weight is 352 g/mol. The molecule has 1 heterocycles. The third kappa shape index (κ3) is 4.82. The normalized spacial score (nSPS) is 12.0. The van der Waals surface area contributed by atoms with Gasteiger partial charge in [0, 0.05) is 17.7 Å². The number of carbonyl (C=O) groups is 1. The van der Waals surface area contributed by atoms with Crippen LogP contribution in [0.1, 0.15) is 26.5 Å². The minimum atomic E-state index is -3.26. The highest BCUT2D eigenvalue weighted by Gasteiger charge is 2.19. The number of sulfone groups is 1. The van der Waals surface area contributed by atoms with E-state index in [4.69, 9.17) is 9.26 Å². The number of amides is 1. The zero-order valence-electron chi connectivity index (χ0n) is 14.0. The van der Waals surface area contributed by atoms with Crippen LogP contribution in [-0.4, -0.2) is 32.3 Å². The maximum atomic E-state index is 11.9. The number of rotatable bonds is 5. The molecular weight excluding hydrogens is 332 g/mol. The van der Waals surface area contributed by atoms with E-state index in [1.807, 2.05) is 20.8 Å². The number of nitrogens with zero attached hydrogens (tertiary/aromatic N) is 1. The average Bonchev–Trinajstić information content (AvgIpc) is 2.93. The molecule has 0 radical (unpaired) electrons. The highest BCUT2D eigenvalue weighted by atomic mass is 32.2. The van der Waals surface area contributed by atoms with E-state index >= 15 is 0 Å². The molecule has 0 saturated carbocycles. The molecule has 1 N–H and O–H groups in total. The second-order valence-corrected chi connectivity index (χ2v) is 8.42. The molecule has 0 spiro atoms. The monoisotopic (exact) mass is 352 g/mol. The first-order chi connectivity index (χ1) is 11.1. The van der Waals surface area contributed by atoms with Crippen molar-refractivity contribution >= 4 is 21.6 Å². The van der Waals surface area contributed by atoms with E-state index < -0.39 is 15.7 Å². The summed E-state index contributed by atoms with van der Waals surface area (Å²) < 4.78 is 33.1. The summed E-state index contributed by atoms with van der Waals surface area (Å²) >= 11 is 0. The first-order valence-electron chi connectivity index (χ1n) is 7.26. The third-order valence-electron chi connectivity index (χ3n) is 3.16. The van der Waals surface area contributed by atoms with Crippen molar-refractivity contribution < 1.29 is 22.5 Å². The standard InChI is InChI=1S/C16H20N2O5S/c1-16(2,3)13-9-15(23-18-13)17-14(19)10-22-11-5-7-12(8-6-11)24(4,20)21/h5-9H,10H2,1-4H3,(H,17,19). The summed E-state index contributed by atoms with van der Waals surface area (Å²) in [6, 6.07) is 7.51. The molecule has 1 amide bonds. The van der Waals surface area contributed by atoms with E-state index in [0.717, 1.165) is 11.9 Å². The minimum Gasteiger partial charge on any atom is -0.484 e. The Balaban J connectivity index is 1.90. The first kappa shape index (κ1) is 18.0. The lowest BCUT2D eigenvalue weighted by Crippen LogP contribution is -2.20. The summed E-state index contributed by atoms with van der Waals surface area (Å²) in [4.78, 5) is 12.0. The lowest BCUT2D eigenvalue weighted by atomic mass is 9.92. The van der Waals surface area contributed by atoms with Crippen LogP contribution in [0.25, 0.3) is 0 Å². The molecule has 0 bridgehead atoms. The van der Waals surface area contributed by atoms with Crippen LogP contribution in [0.5, 0.6) is 5.75 Å². The van der Waals surface area contributed by atoms with Gasteiger partial charge in [-0.15, -0.1) is 0 Å². The zero-order chi connectivity index (χ0) is 18.0. The molecule has 130 valence electrons. The molecular formula is C16H20N2O5S. The highest BCUT2D eigenvalue weighted by Crippen LogP contribution is 2.23. The van der Waals surface area contributed by atoms with E-state index in [1.54, 1.807) is 6.07 Å². The van der Waals surface area contributed by atoms with Crippen molar-refractivity contribution in [1.82, 2.24) is 5.16 Å². The van der Waals surface area contributed by atoms with Crippen molar-refractivity contribution in [2.75, 3.05) is 18.2 Å². The second kappa shape index (κ2) is 6.64. The van der Waals surface area contributed by atoms with E-state index in [-0.39, 0.29) is 22.8 Å². The van der Waals surface area contributed by atoms with Crippen LogP contribution < -0.4 is 10.1 Å². The molecule has 0 unspecified atom stereocenters. The third-order valence-corrected chi connectivity index (χ3v) is 4.29. The van der Waals surface area contributed by atoms with Gasteiger partial charge in [-0.05, 0) is 24.3 Å². The Morgan fingerprint density at radius 1 is 1.25 bits per heavy atom. The Bertz CT molecular complexity index is 817. The molecule has 0 aliphatic heterocycles. The SMILES string of the molecule is CC(C)(C)c1cc(NC(=O)COc2ccc(S(C)(=O)=O)cc2)on1. The number of hydrogen-bond donors (Lipinski definition) is 1. The van der Waals surface area contributed by atoms with Gasteiger partial charge in [0.25, 0.3) is 5.91 Å². The van der Waals surface area contributed by atoms with Crippen molar-refractivity contribution in [3.63, 3.8) is 0 Å². The van der Waals surface area contributed by atoms with Crippen molar-refractivity contribution in [3.05, 3.63) is 36.0 Å². The van der Waals surface area contributed by atoms with Crippen LogP contribution in [0.3, 0.4) is 0 Å². The van der Waals surface area contributed by atoms with Gasteiger partial charge >= 0.3 is 0 Å². The minimum absolute atomic E-state index is 0.176. The molecule has 2 rings (SSSR count). The highest BCUT2D eigenvalue weighted by molar-refractivity contribution is 7.90. The topological polar surface area (TPSA) is 98.5 Å². The van der Waals surface area contributed by atoms with E-state index in [2.05, 4.69) is 10.5 Å². The van der Waals surface area contributed by atoms with Crippen LogP contribution in [0.15, 0.2) is 39.8 Å². The van der Waals surface area contributed by atoms with Gasteiger partial charge in [0.15, 0.2) is 16.4 Å². The summed E-state index contributed by atoms with van der Waals surface area (Å²) in [7, 11) is -3.26. The summed E-state index contributed by atoms with van der Waals surface area (Å²) in [6.45, 7) is 5.73. The van der Waals surface area contributed by atoms with Crippen LogP contribution >= 0.6 is 0 Å².